The fraction of sp³-hybridized carbons (Fsp3) is 0.0952. The minimum atomic E-state index is -4.18. The van der Waals surface area contributed by atoms with Crippen molar-refractivity contribution in [2.24, 2.45) is 0 Å². The molecule has 10 heteroatoms. The first-order valence-electron chi connectivity index (χ1n) is 8.99. The van der Waals surface area contributed by atoms with Crippen molar-refractivity contribution in [3.05, 3.63) is 87.9 Å². The highest BCUT2D eigenvalue weighted by Gasteiger charge is 2.28. The number of halogens is 4. The molecule has 0 bridgehead atoms. The summed E-state index contributed by atoms with van der Waals surface area (Å²) in [5, 5.41) is 1.70. The van der Waals surface area contributed by atoms with Gasteiger partial charge in [0.05, 0.1) is 21.3 Å². The van der Waals surface area contributed by atoms with E-state index in [1.807, 2.05) is 0 Å². The summed E-state index contributed by atoms with van der Waals surface area (Å²) in [6.07, 6.45) is 0. The minimum Gasteiger partial charge on any atom is -0.317 e. The minimum absolute atomic E-state index is 0.0905. The molecule has 5 nitrogen and oxygen atoms in total. The maximum Gasteiger partial charge on any atom is 0.265 e. The molecule has 0 atom stereocenters. The molecule has 0 saturated carbocycles. The van der Waals surface area contributed by atoms with Crippen LogP contribution < -0.4 is 9.62 Å². The third-order valence-electron chi connectivity index (χ3n) is 4.37. The smallest absolute Gasteiger partial charge is 0.265 e. The predicted octanol–water partition coefficient (Wildman–Crippen LogP) is 5.74. The molecule has 0 aromatic heterocycles. The number of nitrogens with zero attached hydrogens (tertiary/aromatic N) is 1. The van der Waals surface area contributed by atoms with E-state index in [2.05, 4.69) is 5.32 Å². The molecule has 0 saturated heterocycles. The van der Waals surface area contributed by atoms with E-state index in [0.29, 0.717) is 5.69 Å². The Morgan fingerprint density at radius 2 is 1.58 bits per heavy atom. The number of amides is 1. The van der Waals surface area contributed by atoms with Gasteiger partial charge in [0.15, 0.2) is 0 Å². The molecule has 0 unspecified atom stereocenters. The monoisotopic (exact) mass is 484 g/mol. The summed E-state index contributed by atoms with van der Waals surface area (Å²) in [5.41, 5.74) is -0.589. The van der Waals surface area contributed by atoms with Gasteiger partial charge in [-0.05, 0) is 43.3 Å². The van der Waals surface area contributed by atoms with Crippen LogP contribution in [0, 0.1) is 11.6 Å². The van der Waals surface area contributed by atoms with Crippen LogP contribution in [0.1, 0.15) is 17.3 Å². The van der Waals surface area contributed by atoms with Gasteiger partial charge in [0.25, 0.3) is 15.9 Å². The Morgan fingerprint density at radius 3 is 2.16 bits per heavy atom. The highest BCUT2D eigenvalue weighted by atomic mass is 35.5. The van der Waals surface area contributed by atoms with E-state index in [4.69, 9.17) is 23.2 Å². The first-order chi connectivity index (χ1) is 14.7. The third kappa shape index (κ3) is 4.66. The molecule has 0 heterocycles. The molecule has 3 aromatic rings. The Morgan fingerprint density at radius 1 is 0.968 bits per heavy atom. The number of carbonyl (C=O) groups is 1. The molecule has 0 spiro atoms. The number of hydrogen-bond acceptors (Lipinski definition) is 3. The maximum atomic E-state index is 13.9. The van der Waals surface area contributed by atoms with E-state index in [9.17, 15) is 22.0 Å². The number of anilines is 2. The molecule has 162 valence electrons. The first-order valence-corrected chi connectivity index (χ1v) is 11.2. The number of para-hydroxylation sites is 2. The number of carbonyl (C=O) groups excluding carboxylic acids is 1. The van der Waals surface area contributed by atoms with Gasteiger partial charge in [0.2, 0.25) is 0 Å². The van der Waals surface area contributed by atoms with E-state index in [0.717, 1.165) is 34.6 Å². The standard InChI is InChI=1S/C21H16Cl2F2N2O3S/c1-2-27(13-7-4-3-5-8-13)31(29,30)19-11-14(15(22)12-16(19)23)21(28)26-20-17(24)9-6-10-18(20)25/h3-12H,2H2,1H3,(H,26,28). The van der Waals surface area contributed by atoms with Gasteiger partial charge in [-0.3, -0.25) is 9.10 Å². The van der Waals surface area contributed by atoms with Crippen LogP contribution in [0.15, 0.2) is 65.6 Å². The molecule has 3 aromatic carbocycles. The van der Waals surface area contributed by atoms with Crippen molar-refractivity contribution in [3.63, 3.8) is 0 Å². The van der Waals surface area contributed by atoms with E-state index in [1.54, 1.807) is 37.3 Å². The SMILES string of the molecule is CCN(c1ccccc1)S(=O)(=O)c1cc(C(=O)Nc2c(F)cccc2F)c(Cl)cc1Cl. The van der Waals surface area contributed by atoms with Crippen LogP contribution in [0.4, 0.5) is 20.2 Å². The second-order valence-electron chi connectivity index (χ2n) is 6.32. The van der Waals surface area contributed by atoms with Crippen molar-refractivity contribution in [2.75, 3.05) is 16.2 Å². The lowest BCUT2D eigenvalue weighted by Gasteiger charge is -2.24. The largest absolute Gasteiger partial charge is 0.317 e. The number of benzene rings is 3. The van der Waals surface area contributed by atoms with Gasteiger partial charge in [-0.2, -0.15) is 0 Å². The molecule has 0 fully saturated rings. The number of rotatable bonds is 6. The van der Waals surface area contributed by atoms with Gasteiger partial charge in [-0.15, -0.1) is 0 Å². The fourth-order valence-corrected chi connectivity index (χ4v) is 5.21. The van der Waals surface area contributed by atoms with Gasteiger partial charge in [0, 0.05) is 6.54 Å². The van der Waals surface area contributed by atoms with Gasteiger partial charge in [-0.1, -0.05) is 47.5 Å². The van der Waals surface area contributed by atoms with Gasteiger partial charge in [0.1, 0.15) is 22.2 Å². The van der Waals surface area contributed by atoms with Crippen LogP contribution in [0.3, 0.4) is 0 Å². The predicted molar refractivity (Wildman–Crippen MR) is 117 cm³/mol. The van der Waals surface area contributed by atoms with Crippen LogP contribution in [0.25, 0.3) is 0 Å². The van der Waals surface area contributed by atoms with Crippen molar-refractivity contribution in [3.8, 4) is 0 Å². The second kappa shape index (κ2) is 9.21. The van der Waals surface area contributed by atoms with Crippen molar-refractivity contribution in [1.29, 1.82) is 0 Å². The zero-order valence-corrected chi connectivity index (χ0v) is 18.4. The van der Waals surface area contributed by atoms with Crippen LogP contribution in [0.5, 0.6) is 0 Å². The zero-order chi connectivity index (χ0) is 22.8. The van der Waals surface area contributed by atoms with Crippen molar-refractivity contribution >= 4 is 50.5 Å². The van der Waals surface area contributed by atoms with Crippen LogP contribution in [-0.2, 0) is 10.0 Å². The normalized spacial score (nSPS) is 11.3. The average Bonchev–Trinajstić information content (AvgIpc) is 2.71. The molecule has 0 aliphatic heterocycles. The molecule has 0 radical (unpaired) electrons. The van der Waals surface area contributed by atoms with Gasteiger partial charge >= 0.3 is 0 Å². The molecule has 3 rings (SSSR count). The summed E-state index contributed by atoms with van der Waals surface area (Å²) in [6, 6.07) is 13.5. The third-order valence-corrected chi connectivity index (χ3v) is 7.05. The lowest BCUT2D eigenvalue weighted by molar-refractivity contribution is 0.102. The van der Waals surface area contributed by atoms with E-state index >= 15 is 0 Å². The summed E-state index contributed by atoms with van der Waals surface area (Å²) >= 11 is 12.2. The summed E-state index contributed by atoms with van der Waals surface area (Å²) in [6.45, 7) is 1.73. The second-order valence-corrected chi connectivity index (χ2v) is 8.96. The average molecular weight is 485 g/mol. The highest BCUT2D eigenvalue weighted by Crippen LogP contribution is 2.33. The molecule has 1 N–H and O–H groups in total. The molecule has 1 amide bonds. The Hall–Kier alpha value is -2.68. The van der Waals surface area contributed by atoms with E-state index in [1.165, 1.54) is 0 Å². The Kier molecular flexibility index (Phi) is 6.83. The molecule has 0 aliphatic carbocycles. The lowest BCUT2D eigenvalue weighted by Crippen LogP contribution is -2.31. The molecular weight excluding hydrogens is 469 g/mol. The summed E-state index contributed by atoms with van der Waals surface area (Å²) in [7, 11) is -4.18. The quantitative estimate of drug-likeness (QED) is 0.485. The number of hydrogen-bond donors (Lipinski definition) is 1. The van der Waals surface area contributed by atoms with Crippen molar-refractivity contribution in [2.45, 2.75) is 11.8 Å². The zero-order valence-electron chi connectivity index (χ0n) is 16.1. The highest BCUT2D eigenvalue weighted by molar-refractivity contribution is 7.93. The topological polar surface area (TPSA) is 66.5 Å². The van der Waals surface area contributed by atoms with Crippen molar-refractivity contribution < 1.29 is 22.0 Å². The summed E-state index contributed by atoms with van der Waals surface area (Å²) in [5.74, 6) is -2.98. The van der Waals surface area contributed by atoms with Crippen LogP contribution in [-0.4, -0.2) is 20.9 Å². The molecule has 31 heavy (non-hydrogen) atoms. The maximum absolute atomic E-state index is 13.9. The van der Waals surface area contributed by atoms with Crippen LogP contribution >= 0.6 is 23.2 Å². The molecular formula is C21H16Cl2F2N2O3S. The summed E-state index contributed by atoms with van der Waals surface area (Å²) in [4.78, 5) is 12.3. The van der Waals surface area contributed by atoms with Gasteiger partial charge in [-0.25, -0.2) is 17.2 Å². The lowest BCUT2D eigenvalue weighted by atomic mass is 10.2. The van der Waals surface area contributed by atoms with Crippen molar-refractivity contribution in [1.82, 2.24) is 0 Å². The fourth-order valence-electron chi connectivity index (χ4n) is 2.90. The Labute approximate surface area is 188 Å². The Balaban J connectivity index is 2.05. The number of sulfonamides is 1. The molecule has 0 aliphatic rings. The Bertz CT molecular complexity index is 1220. The van der Waals surface area contributed by atoms with Crippen LogP contribution in [0.2, 0.25) is 10.0 Å². The number of nitrogens with one attached hydrogen (secondary N) is 1. The summed E-state index contributed by atoms with van der Waals surface area (Å²) < 4.78 is 55.5. The van der Waals surface area contributed by atoms with E-state index < -0.39 is 33.3 Å². The first kappa shape index (κ1) is 23.0. The van der Waals surface area contributed by atoms with Gasteiger partial charge < -0.3 is 5.32 Å². The van der Waals surface area contributed by atoms with E-state index in [-0.39, 0.29) is 27.0 Å².